The summed E-state index contributed by atoms with van der Waals surface area (Å²) >= 11 is 3.57. The molecular formula is C13H16BrNO2. The van der Waals surface area contributed by atoms with E-state index in [0.29, 0.717) is 6.61 Å². The first-order valence-electron chi connectivity index (χ1n) is 5.88. The van der Waals surface area contributed by atoms with Gasteiger partial charge in [-0.05, 0) is 54.6 Å². The van der Waals surface area contributed by atoms with Crippen LogP contribution in [0, 0.1) is 0 Å². The lowest BCUT2D eigenvalue weighted by Gasteiger charge is -2.32. The lowest BCUT2D eigenvalue weighted by molar-refractivity contribution is -0.147. The van der Waals surface area contributed by atoms with E-state index in [1.54, 1.807) is 6.20 Å². The van der Waals surface area contributed by atoms with Gasteiger partial charge in [0, 0.05) is 0 Å². The molecule has 0 radical (unpaired) electrons. The zero-order chi connectivity index (χ0) is 12.3. The van der Waals surface area contributed by atoms with Crippen molar-refractivity contribution in [2.24, 2.45) is 0 Å². The van der Waals surface area contributed by atoms with Crippen LogP contribution in [0.25, 0.3) is 0 Å². The minimum atomic E-state index is -0.805. The van der Waals surface area contributed by atoms with Gasteiger partial charge in [-0.1, -0.05) is 22.0 Å². The van der Waals surface area contributed by atoms with Crippen molar-refractivity contribution in [3.63, 3.8) is 0 Å². The van der Waals surface area contributed by atoms with E-state index in [4.69, 9.17) is 4.74 Å². The van der Waals surface area contributed by atoms with Gasteiger partial charge in [0.1, 0.15) is 0 Å². The first kappa shape index (κ1) is 12.4. The third-order valence-corrected chi connectivity index (χ3v) is 3.96. The highest BCUT2D eigenvalue weighted by Crippen LogP contribution is 2.39. The van der Waals surface area contributed by atoms with Gasteiger partial charge in [0.05, 0.1) is 6.61 Å². The standard InChI is InChI=1S/C13H16BrNO2/c1-2-17-12(16)13(8-3-4-9-15-13)10-6-5-7-11(10)14/h3-4,8-9,15H,2,5-7H2,1H3. The molecule has 1 N–H and O–H groups in total. The van der Waals surface area contributed by atoms with Crippen molar-refractivity contribution in [1.82, 2.24) is 5.32 Å². The maximum absolute atomic E-state index is 12.2. The Hall–Kier alpha value is -1.03. The second-order valence-corrected chi connectivity index (χ2v) is 5.09. The molecule has 0 spiro atoms. The normalized spacial score (nSPS) is 27.2. The van der Waals surface area contributed by atoms with Gasteiger partial charge in [0.2, 0.25) is 0 Å². The molecule has 1 unspecified atom stereocenters. The van der Waals surface area contributed by atoms with E-state index in [-0.39, 0.29) is 5.97 Å². The first-order valence-corrected chi connectivity index (χ1v) is 6.67. The summed E-state index contributed by atoms with van der Waals surface area (Å²) in [4.78, 5) is 12.2. The van der Waals surface area contributed by atoms with Crippen LogP contribution in [0.5, 0.6) is 0 Å². The summed E-state index contributed by atoms with van der Waals surface area (Å²) in [5.41, 5.74) is 0.289. The number of dihydropyridines is 1. The maximum atomic E-state index is 12.2. The molecule has 0 saturated carbocycles. The summed E-state index contributed by atoms with van der Waals surface area (Å²) in [5.74, 6) is -0.227. The molecule has 4 heteroatoms. The van der Waals surface area contributed by atoms with E-state index >= 15 is 0 Å². The van der Waals surface area contributed by atoms with Crippen LogP contribution in [0.2, 0.25) is 0 Å². The number of hydrogen-bond donors (Lipinski definition) is 1. The number of hydrogen-bond acceptors (Lipinski definition) is 3. The van der Waals surface area contributed by atoms with Gasteiger partial charge in [-0.2, -0.15) is 0 Å². The third-order valence-electron chi connectivity index (χ3n) is 3.09. The Morgan fingerprint density at radius 2 is 2.35 bits per heavy atom. The van der Waals surface area contributed by atoms with Crippen LogP contribution in [0.4, 0.5) is 0 Å². The molecule has 0 fully saturated rings. The maximum Gasteiger partial charge on any atom is 0.340 e. The van der Waals surface area contributed by atoms with E-state index in [9.17, 15) is 4.79 Å². The molecule has 3 nitrogen and oxygen atoms in total. The van der Waals surface area contributed by atoms with Gasteiger partial charge in [-0.25, -0.2) is 4.79 Å². The van der Waals surface area contributed by atoms with Gasteiger partial charge in [-0.15, -0.1) is 0 Å². The molecule has 0 aromatic rings. The fourth-order valence-corrected chi connectivity index (χ4v) is 3.08. The fraction of sp³-hybridized carbons (Fsp3) is 0.462. The van der Waals surface area contributed by atoms with Crippen molar-refractivity contribution < 1.29 is 9.53 Å². The molecule has 0 amide bonds. The Kier molecular flexibility index (Phi) is 3.72. The molecule has 2 rings (SSSR count). The second kappa shape index (κ2) is 5.08. The quantitative estimate of drug-likeness (QED) is 0.814. The monoisotopic (exact) mass is 297 g/mol. The molecule has 1 atom stereocenters. The van der Waals surface area contributed by atoms with Gasteiger partial charge < -0.3 is 10.1 Å². The predicted octanol–water partition coefficient (Wildman–Crippen LogP) is 2.79. The van der Waals surface area contributed by atoms with Gasteiger partial charge in [-0.3, -0.25) is 0 Å². The number of carbonyl (C=O) groups excluding carboxylic acids is 1. The number of carbonyl (C=O) groups is 1. The van der Waals surface area contributed by atoms with Gasteiger partial charge >= 0.3 is 5.97 Å². The third kappa shape index (κ3) is 2.18. The molecule has 0 aromatic carbocycles. The lowest BCUT2D eigenvalue weighted by Crippen LogP contribution is -2.51. The topological polar surface area (TPSA) is 38.3 Å². The summed E-state index contributed by atoms with van der Waals surface area (Å²) in [6, 6.07) is 0. The SMILES string of the molecule is CCOC(=O)C1(C2=C(Br)CCC2)C=CC=CN1. The van der Waals surface area contributed by atoms with Crippen LogP contribution < -0.4 is 5.32 Å². The Morgan fingerprint density at radius 3 is 2.88 bits per heavy atom. The summed E-state index contributed by atoms with van der Waals surface area (Å²) in [7, 11) is 0. The smallest absolute Gasteiger partial charge is 0.340 e. The van der Waals surface area contributed by atoms with Crippen LogP contribution in [0.3, 0.4) is 0 Å². The fourth-order valence-electron chi connectivity index (χ4n) is 2.28. The van der Waals surface area contributed by atoms with Gasteiger partial charge in [0.25, 0.3) is 0 Å². The molecule has 0 aromatic heterocycles. The van der Waals surface area contributed by atoms with Crippen LogP contribution in [0.15, 0.2) is 34.5 Å². The Morgan fingerprint density at radius 1 is 1.53 bits per heavy atom. The zero-order valence-corrected chi connectivity index (χ0v) is 11.4. The number of nitrogens with one attached hydrogen (secondary N) is 1. The van der Waals surface area contributed by atoms with Crippen molar-refractivity contribution in [2.45, 2.75) is 31.7 Å². The molecule has 1 aliphatic carbocycles. The highest BCUT2D eigenvalue weighted by atomic mass is 79.9. The van der Waals surface area contributed by atoms with Gasteiger partial charge in [0.15, 0.2) is 5.54 Å². The van der Waals surface area contributed by atoms with E-state index < -0.39 is 5.54 Å². The molecule has 1 aliphatic heterocycles. The highest BCUT2D eigenvalue weighted by Gasteiger charge is 2.43. The molecule has 92 valence electrons. The van der Waals surface area contributed by atoms with Crippen molar-refractivity contribution in [1.29, 1.82) is 0 Å². The summed E-state index contributed by atoms with van der Waals surface area (Å²) < 4.78 is 6.33. The summed E-state index contributed by atoms with van der Waals surface area (Å²) in [6.45, 7) is 2.22. The van der Waals surface area contributed by atoms with Crippen molar-refractivity contribution in [2.75, 3.05) is 6.61 Å². The Bertz CT molecular complexity index is 412. The number of esters is 1. The predicted molar refractivity (Wildman–Crippen MR) is 70.6 cm³/mol. The zero-order valence-electron chi connectivity index (χ0n) is 9.83. The summed E-state index contributed by atoms with van der Waals surface area (Å²) in [5, 5.41) is 3.16. The van der Waals surface area contributed by atoms with E-state index in [1.165, 1.54) is 0 Å². The minimum Gasteiger partial charge on any atom is -0.464 e. The number of rotatable bonds is 3. The molecule has 0 saturated heterocycles. The Labute approximate surface area is 110 Å². The average Bonchev–Trinajstić information content (AvgIpc) is 2.77. The van der Waals surface area contributed by atoms with Crippen LogP contribution in [-0.2, 0) is 9.53 Å². The second-order valence-electron chi connectivity index (χ2n) is 4.13. The molecule has 2 aliphatic rings. The molecular weight excluding hydrogens is 282 g/mol. The van der Waals surface area contributed by atoms with Crippen LogP contribution in [0.1, 0.15) is 26.2 Å². The number of allylic oxidation sites excluding steroid dienone is 3. The molecule has 1 heterocycles. The number of halogens is 1. The van der Waals surface area contributed by atoms with Crippen molar-refractivity contribution in [3.05, 3.63) is 34.5 Å². The van der Waals surface area contributed by atoms with Crippen molar-refractivity contribution in [3.8, 4) is 0 Å². The molecule has 17 heavy (non-hydrogen) atoms. The highest BCUT2D eigenvalue weighted by molar-refractivity contribution is 9.11. The van der Waals surface area contributed by atoms with E-state index in [0.717, 1.165) is 29.3 Å². The minimum absolute atomic E-state index is 0.227. The Balaban J connectivity index is 2.37. The average molecular weight is 298 g/mol. The van der Waals surface area contributed by atoms with E-state index in [2.05, 4.69) is 21.2 Å². The summed E-state index contributed by atoms with van der Waals surface area (Å²) in [6.07, 6.45) is 10.4. The number of ether oxygens (including phenoxy) is 1. The lowest BCUT2D eigenvalue weighted by atomic mass is 9.87. The van der Waals surface area contributed by atoms with Crippen molar-refractivity contribution >= 4 is 21.9 Å². The van der Waals surface area contributed by atoms with Crippen LogP contribution in [-0.4, -0.2) is 18.1 Å². The first-order chi connectivity index (χ1) is 8.20. The van der Waals surface area contributed by atoms with E-state index in [1.807, 2.05) is 25.2 Å². The van der Waals surface area contributed by atoms with Crippen LogP contribution >= 0.6 is 15.9 Å². The largest absolute Gasteiger partial charge is 0.464 e. The molecule has 0 bridgehead atoms.